The molecule has 0 atom stereocenters. The van der Waals surface area contributed by atoms with Crippen LogP contribution in [0.25, 0.3) is 0 Å². The van der Waals surface area contributed by atoms with Gasteiger partial charge in [0, 0.05) is 45.3 Å². The van der Waals surface area contributed by atoms with Crippen molar-refractivity contribution in [3.63, 3.8) is 0 Å². The quantitative estimate of drug-likeness (QED) is 0.843. The first-order chi connectivity index (χ1) is 12.7. The van der Waals surface area contributed by atoms with Crippen LogP contribution in [-0.4, -0.2) is 63.2 Å². The number of nitrogens with zero attached hydrogens (tertiary/aromatic N) is 4. The second kappa shape index (κ2) is 6.42. The number of amides is 3. The van der Waals surface area contributed by atoms with Gasteiger partial charge in [0.05, 0.1) is 17.3 Å². The molecule has 7 nitrogen and oxygen atoms in total. The lowest BCUT2D eigenvalue weighted by atomic mass is 9.88. The predicted molar refractivity (Wildman–Crippen MR) is 88.6 cm³/mol. The molecule has 4 heterocycles. The summed E-state index contributed by atoms with van der Waals surface area (Å²) in [6.07, 6.45) is 0.290. The molecule has 0 aliphatic carbocycles. The van der Waals surface area contributed by atoms with Crippen LogP contribution in [0, 0.1) is 5.92 Å². The summed E-state index contributed by atoms with van der Waals surface area (Å²) in [5.74, 6) is 0.252. The van der Waals surface area contributed by atoms with Gasteiger partial charge < -0.3 is 15.1 Å². The summed E-state index contributed by atoms with van der Waals surface area (Å²) in [5.41, 5.74) is -0.956. The average molecular weight is 385 g/mol. The Balaban J connectivity index is 1.24. The van der Waals surface area contributed by atoms with Crippen LogP contribution in [0.2, 0.25) is 0 Å². The molecule has 1 spiro atoms. The highest BCUT2D eigenvalue weighted by atomic mass is 19.4. The molecule has 3 aliphatic rings. The second-order valence-corrected chi connectivity index (χ2v) is 7.85. The first-order valence-electron chi connectivity index (χ1n) is 9.19. The summed E-state index contributed by atoms with van der Waals surface area (Å²) in [6.45, 7) is 2.73. The number of hydrogen-bond donors (Lipinski definition) is 1. The normalized spacial score (nSPS) is 22.9. The van der Waals surface area contributed by atoms with Gasteiger partial charge in [-0.1, -0.05) is 0 Å². The van der Waals surface area contributed by atoms with Crippen molar-refractivity contribution in [2.75, 3.05) is 26.2 Å². The maximum atomic E-state index is 12.6. The lowest BCUT2D eigenvalue weighted by molar-refractivity contribution is -0.137. The number of alkyl halides is 3. The van der Waals surface area contributed by atoms with Crippen molar-refractivity contribution in [3.05, 3.63) is 18.0 Å². The highest BCUT2D eigenvalue weighted by Crippen LogP contribution is 2.32. The van der Waals surface area contributed by atoms with Crippen molar-refractivity contribution in [2.45, 2.75) is 43.9 Å². The van der Waals surface area contributed by atoms with E-state index < -0.39 is 11.7 Å². The van der Waals surface area contributed by atoms with Gasteiger partial charge in [-0.15, -0.1) is 0 Å². The number of nitrogens with one attached hydrogen (secondary N) is 1. The molecule has 4 rings (SSSR count). The molecule has 3 fully saturated rings. The Kier molecular flexibility index (Phi) is 4.31. The van der Waals surface area contributed by atoms with Crippen molar-refractivity contribution in [2.24, 2.45) is 5.92 Å². The van der Waals surface area contributed by atoms with Gasteiger partial charge in [-0.05, 0) is 25.2 Å². The van der Waals surface area contributed by atoms with Crippen molar-refractivity contribution in [1.82, 2.24) is 24.9 Å². The molecule has 0 aromatic carbocycles. The summed E-state index contributed by atoms with van der Waals surface area (Å²) >= 11 is 0. The molecule has 0 unspecified atom stereocenters. The molecule has 3 saturated heterocycles. The van der Waals surface area contributed by atoms with Crippen LogP contribution >= 0.6 is 0 Å². The monoisotopic (exact) mass is 385 g/mol. The van der Waals surface area contributed by atoms with Gasteiger partial charge in [0.25, 0.3) is 0 Å². The van der Waals surface area contributed by atoms with Gasteiger partial charge in [0.1, 0.15) is 0 Å². The summed E-state index contributed by atoms with van der Waals surface area (Å²) in [5, 5.41) is 6.76. The standard InChI is InChI=1S/C17H22F3N5O2/c18-17(19,20)13-7-21-25(9-13)8-12-2-5-23(6-3-12)15(27)24-10-16(11-24)4-1-14(26)22-16/h7,9,12H,1-6,8,10-11H2,(H,22,26). The fraction of sp³-hybridized carbons (Fsp3) is 0.706. The third-order valence-electron chi connectivity index (χ3n) is 5.78. The van der Waals surface area contributed by atoms with E-state index in [1.807, 2.05) is 0 Å². The molecule has 1 N–H and O–H groups in total. The third kappa shape index (κ3) is 3.61. The second-order valence-electron chi connectivity index (χ2n) is 7.85. The largest absolute Gasteiger partial charge is 0.419 e. The maximum Gasteiger partial charge on any atom is 0.419 e. The van der Waals surface area contributed by atoms with Gasteiger partial charge >= 0.3 is 12.2 Å². The SMILES string of the molecule is O=C1CCC2(CN(C(=O)N3CCC(Cn4cc(C(F)(F)F)cn4)CC3)C2)N1. The molecule has 10 heteroatoms. The van der Waals surface area contributed by atoms with Gasteiger partial charge in [0.15, 0.2) is 0 Å². The number of likely N-dealkylation sites (tertiary alicyclic amines) is 2. The fourth-order valence-electron chi connectivity index (χ4n) is 4.21. The predicted octanol–water partition coefficient (Wildman–Crippen LogP) is 1.70. The number of halogens is 3. The Morgan fingerprint density at radius 3 is 2.52 bits per heavy atom. The van der Waals surface area contributed by atoms with E-state index in [4.69, 9.17) is 0 Å². The van der Waals surface area contributed by atoms with Crippen molar-refractivity contribution in [3.8, 4) is 0 Å². The van der Waals surface area contributed by atoms with Crippen LogP contribution in [0.4, 0.5) is 18.0 Å². The number of hydrogen-bond acceptors (Lipinski definition) is 3. The molecule has 0 radical (unpaired) electrons. The smallest absolute Gasteiger partial charge is 0.347 e. The molecular weight excluding hydrogens is 363 g/mol. The highest BCUT2D eigenvalue weighted by molar-refractivity contribution is 5.82. The van der Waals surface area contributed by atoms with E-state index in [2.05, 4.69) is 10.4 Å². The highest BCUT2D eigenvalue weighted by Gasteiger charge is 2.50. The van der Waals surface area contributed by atoms with Crippen molar-refractivity contribution >= 4 is 11.9 Å². The van der Waals surface area contributed by atoms with E-state index in [0.29, 0.717) is 39.1 Å². The van der Waals surface area contributed by atoms with Crippen molar-refractivity contribution in [1.29, 1.82) is 0 Å². The van der Waals surface area contributed by atoms with Crippen molar-refractivity contribution < 1.29 is 22.8 Å². The van der Waals surface area contributed by atoms with E-state index in [1.54, 1.807) is 9.80 Å². The van der Waals surface area contributed by atoms with Crippen LogP contribution in [0.5, 0.6) is 0 Å². The first kappa shape index (κ1) is 18.1. The molecule has 0 saturated carbocycles. The Morgan fingerprint density at radius 1 is 1.26 bits per heavy atom. The summed E-state index contributed by atoms with van der Waals surface area (Å²) < 4.78 is 39.3. The zero-order valence-corrected chi connectivity index (χ0v) is 14.8. The number of rotatable bonds is 2. The zero-order valence-electron chi connectivity index (χ0n) is 14.8. The fourth-order valence-corrected chi connectivity index (χ4v) is 4.21. The molecule has 1 aromatic heterocycles. The molecule has 27 heavy (non-hydrogen) atoms. The minimum Gasteiger partial charge on any atom is -0.347 e. The summed E-state index contributed by atoms with van der Waals surface area (Å²) in [7, 11) is 0. The zero-order chi connectivity index (χ0) is 19.2. The minimum absolute atomic E-state index is 0.0151. The molecule has 148 valence electrons. The first-order valence-corrected chi connectivity index (χ1v) is 9.19. The molecule has 3 amide bonds. The number of carbonyl (C=O) groups is 2. The Hall–Kier alpha value is -2.26. The van der Waals surface area contributed by atoms with Crippen LogP contribution in [0.15, 0.2) is 12.4 Å². The minimum atomic E-state index is -4.37. The third-order valence-corrected chi connectivity index (χ3v) is 5.78. The lowest BCUT2D eigenvalue weighted by Gasteiger charge is -2.49. The number of piperidine rings is 1. The number of carbonyl (C=O) groups excluding carboxylic acids is 2. The molecule has 0 bridgehead atoms. The van der Waals surface area contributed by atoms with E-state index >= 15 is 0 Å². The van der Waals surface area contributed by atoms with E-state index in [0.717, 1.165) is 31.7 Å². The molecule has 3 aliphatic heterocycles. The molecular formula is C17H22F3N5O2. The summed E-state index contributed by atoms with van der Waals surface area (Å²) in [4.78, 5) is 27.5. The van der Waals surface area contributed by atoms with E-state index in [-0.39, 0.29) is 23.4 Å². The van der Waals surface area contributed by atoms with Crippen LogP contribution in [0.3, 0.4) is 0 Å². The van der Waals surface area contributed by atoms with E-state index in [1.165, 1.54) is 4.68 Å². The van der Waals surface area contributed by atoms with Gasteiger partial charge in [-0.3, -0.25) is 9.48 Å². The van der Waals surface area contributed by atoms with Gasteiger partial charge in [-0.25, -0.2) is 4.79 Å². The number of urea groups is 1. The average Bonchev–Trinajstić information content (AvgIpc) is 3.20. The topological polar surface area (TPSA) is 70.5 Å². The Morgan fingerprint density at radius 2 is 1.96 bits per heavy atom. The van der Waals surface area contributed by atoms with E-state index in [9.17, 15) is 22.8 Å². The molecule has 1 aromatic rings. The van der Waals surface area contributed by atoms with Gasteiger partial charge in [0.2, 0.25) is 5.91 Å². The number of aromatic nitrogens is 2. The van der Waals surface area contributed by atoms with Crippen LogP contribution < -0.4 is 5.32 Å². The Labute approximate surface area is 154 Å². The maximum absolute atomic E-state index is 12.6. The van der Waals surface area contributed by atoms with Gasteiger partial charge in [-0.2, -0.15) is 18.3 Å². The summed E-state index contributed by atoms with van der Waals surface area (Å²) in [6, 6.07) is -0.0151. The van der Waals surface area contributed by atoms with Crippen LogP contribution in [0.1, 0.15) is 31.2 Å². The lowest BCUT2D eigenvalue weighted by Crippen LogP contribution is -2.70. The Bertz CT molecular complexity index is 733. The van der Waals surface area contributed by atoms with Crippen LogP contribution in [-0.2, 0) is 17.5 Å².